The molecule has 9 heteroatoms. The van der Waals surface area contributed by atoms with Gasteiger partial charge in [0, 0.05) is 16.7 Å². The van der Waals surface area contributed by atoms with E-state index in [0.29, 0.717) is 12.5 Å². The van der Waals surface area contributed by atoms with Crippen molar-refractivity contribution in [1.82, 2.24) is 4.72 Å². The zero-order valence-corrected chi connectivity index (χ0v) is 13.3. The van der Waals surface area contributed by atoms with Gasteiger partial charge in [0.1, 0.15) is 10.7 Å². The van der Waals surface area contributed by atoms with Gasteiger partial charge in [-0.3, -0.25) is 0 Å². The van der Waals surface area contributed by atoms with E-state index in [9.17, 15) is 21.2 Å². The second-order valence-corrected chi connectivity index (χ2v) is 8.59. The summed E-state index contributed by atoms with van der Waals surface area (Å²) in [4.78, 5) is -1.10. The summed E-state index contributed by atoms with van der Waals surface area (Å²) in [6.45, 7) is 3.56. The quantitative estimate of drug-likeness (QED) is 0.803. The van der Waals surface area contributed by atoms with Crippen molar-refractivity contribution in [3.05, 3.63) is 24.0 Å². The average molecular weight is 344 g/mol. The Morgan fingerprint density at radius 3 is 2.35 bits per heavy atom. The number of hydrogen-bond acceptors (Lipinski definition) is 4. The maximum Gasteiger partial charge on any atom is 0.261 e. The summed E-state index contributed by atoms with van der Waals surface area (Å²) >= 11 is 0. The molecule has 5 nitrogen and oxygen atoms in total. The van der Waals surface area contributed by atoms with E-state index in [4.69, 9.17) is 10.7 Å². The highest BCUT2D eigenvalue weighted by Gasteiger charge is 2.23. The van der Waals surface area contributed by atoms with E-state index in [-0.39, 0.29) is 6.04 Å². The number of halogens is 2. The van der Waals surface area contributed by atoms with Crippen LogP contribution in [0.25, 0.3) is 0 Å². The SMILES string of the molecule is CCCC(C)NS(=O)(=O)c1ccc(S(=O)(=O)Cl)cc1F. The van der Waals surface area contributed by atoms with Gasteiger partial charge in [-0.05, 0) is 31.5 Å². The second-order valence-electron chi connectivity index (χ2n) is 4.34. The molecule has 1 unspecified atom stereocenters. The Kier molecular flexibility index (Phi) is 5.54. The highest BCUT2D eigenvalue weighted by molar-refractivity contribution is 8.13. The fourth-order valence-electron chi connectivity index (χ4n) is 1.67. The van der Waals surface area contributed by atoms with Gasteiger partial charge in [0.25, 0.3) is 9.05 Å². The summed E-state index contributed by atoms with van der Waals surface area (Å²) in [7, 11) is -3.08. The molecule has 0 aromatic heterocycles. The van der Waals surface area contributed by atoms with E-state index in [1.165, 1.54) is 0 Å². The Hall–Kier alpha value is -0.700. The predicted octanol–water partition coefficient (Wildman–Crippen LogP) is 2.22. The molecule has 1 aromatic carbocycles. The first-order valence-corrected chi connectivity index (χ1v) is 9.63. The van der Waals surface area contributed by atoms with Gasteiger partial charge >= 0.3 is 0 Å². The molecule has 0 aliphatic rings. The Labute approximate surface area is 122 Å². The number of sulfonamides is 1. The van der Waals surface area contributed by atoms with Gasteiger partial charge in [-0.2, -0.15) is 0 Å². The minimum Gasteiger partial charge on any atom is -0.208 e. The van der Waals surface area contributed by atoms with Crippen LogP contribution in [0.4, 0.5) is 4.39 Å². The smallest absolute Gasteiger partial charge is 0.208 e. The van der Waals surface area contributed by atoms with E-state index in [2.05, 4.69) is 4.72 Å². The van der Waals surface area contributed by atoms with Crippen molar-refractivity contribution in [2.45, 2.75) is 42.5 Å². The molecule has 0 bridgehead atoms. The normalized spacial score (nSPS) is 14.2. The highest BCUT2D eigenvalue weighted by Crippen LogP contribution is 2.21. The highest BCUT2D eigenvalue weighted by atomic mass is 35.7. The third-order valence-electron chi connectivity index (χ3n) is 2.55. The molecule has 0 saturated heterocycles. The van der Waals surface area contributed by atoms with E-state index >= 15 is 0 Å². The third-order valence-corrected chi connectivity index (χ3v) is 5.53. The molecule has 1 atom stereocenters. The summed E-state index contributed by atoms with van der Waals surface area (Å²) in [5.74, 6) is -1.16. The number of rotatable bonds is 6. The van der Waals surface area contributed by atoms with Crippen molar-refractivity contribution >= 4 is 29.8 Å². The lowest BCUT2D eigenvalue weighted by Crippen LogP contribution is -2.33. The van der Waals surface area contributed by atoms with Crippen LogP contribution in [-0.2, 0) is 19.1 Å². The van der Waals surface area contributed by atoms with Crippen LogP contribution in [0.3, 0.4) is 0 Å². The fourth-order valence-corrected chi connectivity index (χ4v) is 3.77. The van der Waals surface area contributed by atoms with Crippen LogP contribution in [-0.4, -0.2) is 22.9 Å². The molecule has 1 aromatic rings. The predicted molar refractivity (Wildman–Crippen MR) is 74.1 cm³/mol. The lowest BCUT2D eigenvalue weighted by Gasteiger charge is -2.13. The van der Waals surface area contributed by atoms with Crippen LogP contribution < -0.4 is 4.72 Å². The van der Waals surface area contributed by atoms with E-state index in [1.54, 1.807) is 6.92 Å². The molecule has 1 N–H and O–H groups in total. The van der Waals surface area contributed by atoms with Gasteiger partial charge in [-0.15, -0.1) is 0 Å². The maximum absolute atomic E-state index is 13.8. The van der Waals surface area contributed by atoms with Gasteiger partial charge in [-0.25, -0.2) is 25.9 Å². The van der Waals surface area contributed by atoms with Crippen molar-refractivity contribution in [1.29, 1.82) is 0 Å². The minimum atomic E-state index is -4.10. The Bertz CT molecular complexity index is 688. The lowest BCUT2D eigenvalue weighted by atomic mass is 10.2. The van der Waals surface area contributed by atoms with Gasteiger partial charge < -0.3 is 0 Å². The van der Waals surface area contributed by atoms with Gasteiger partial charge in [0.15, 0.2) is 0 Å². The van der Waals surface area contributed by atoms with Crippen molar-refractivity contribution in [3.63, 3.8) is 0 Å². The minimum absolute atomic E-state index is 0.346. The van der Waals surface area contributed by atoms with Gasteiger partial charge in [0.2, 0.25) is 10.0 Å². The topological polar surface area (TPSA) is 80.3 Å². The average Bonchev–Trinajstić information content (AvgIpc) is 2.26. The summed E-state index contributed by atoms with van der Waals surface area (Å²) in [5.41, 5.74) is 0. The number of hydrogen-bond donors (Lipinski definition) is 1. The number of nitrogens with one attached hydrogen (secondary N) is 1. The summed E-state index contributed by atoms with van der Waals surface area (Å²) < 4.78 is 62.1. The van der Waals surface area contributed by atoms with E-state index in [1.807, 2.05) is 6.92 Å². The van der Waals surface area contributed by atoms with E-state index in [0.717, 1.165) is 18.6 Å². The molecule has 0 radical (unpaired) electrons. The van der Waals surface area contributed by atoms with Crippen LogP contribution in [0.2, 0.25) is 0 Å². The molecule has 114 valence electrons. The Balaban J connectivity index is 3.15. The fraction of sp³-hybridized carbons (Fsp3) is 0.455. The molecule has 1 rings (SSSR count). The first kappa shape index (κ1) is 17.4. The molecular weight excluding hydrogens is 329 g/mol. The Morgan fingerprint density at radius 2 is 1.90 bits per heavy atom. The molecule has 0 heterocycles. The second kappa shape index (κ2) is 6.38. The monoisotopic (exact) mass is 343 g/mol. The van der Waals surface area contributed by atoms with Gasteiger partial charge in [0.05, 0.1) is 4.90 Å². The Morgan fingerprint density at radius 1 is 1.30 bits per heavy atom. The summed E-state index contributed by atoms with van der Waals surface area (Å²) in [5, 5.41) is 0. The van der Waals surface area contributed by atoms with Crippen molar-refractivity contribution in [3.8, 4) is 0 Å². The maximum atomic E-state index is 13.8. The van der Waals surface area contributed by atoms with Crippen molar-refractivity contribution in [2.24, 2.45) is 0 Å². The molecule has 0 amide bonds. The lowest BCUT2D eigenvalue weighted by molar-refractivity contribution is 0.529. The van der Waals surface area contributed by atoms with Crippen molar-refractivity contribution in [2.75, 3.05) is 0 Å². The van der Waals surface area contributed by atoms with Crippen LogP contribution in [0.15, 0.2) is 28.0 Å². The first-order chi connectivity index (χ1) is 9.08. The molecule has 0 fully saturated rings. The molecule has 0 aliphatic heterocycles. The molecular formula is C11H15ClFNO4S2. The summed E-state index contributed by atoms with van der Waals surface area (Å²) in [6.07, 6.45) is 1.38. The van der Waals surface area contributed by atoms with Crippen LogP contribution in [0.5, 0.6) is 0 Å². The van der Waals surface area contributed by atoms with Gasteiger partial charge in [-0.1, -0.05) is 13.3 Å². The largest absolute Gasteiger partial charge is 0.261 e. The third kappa shape index (κ3) is 4.41. The summed E-state index contributed by atoms with van der Waals surface area (Å²) in [6, 6.07) is 2.07. The van der Waals surface area contributed by atoms with E-state index < -0.39 is 34.7 Å². The molecule has 20 heavy (non-hydrogen) atoms. The van der Waals surface area contributed by atoms with Crippen LogP contribution >= 0.6 is 10.7 Å². The molecule has 0 saturated carbocycles. The van der Waals surface area contributed by atoms with Crippen LogP contribution in [0, 0.1) is 5.82 Å². The van der Waals surface area contributed by atoms with Crippen LogP contribution in [0.1, 0.15) is 26.7 Å². The zero-order valence-electron chi connectivity index (χ0n) is 10.9. The first-order valence-electron chi connectivity index (χ1n) is 5.84. The molecule has 0 aliphatic carbocycles. The number of benzene rings is 1. The molecule has 0 spiro atoms. The standard InChI is InChI=1S/C11H15ClFNO4S2/c1-3-4-8(2)14-20(17,18)11-6-5-9(7-10(11)13)19(12,15)16/h5-8,14H,3-4H2,1-2H3. The van der Waals surface area contributed by atoms with Crippen molar-refractivity contribution < 1.29 is 21.2 Å². The zero-order chi connectivity index (χ0) is 15.6.